The van der Waals surface area contributed by atoms with Gasteiger partial charge in [-0.1, -0.05) is 65.8 Å². The molecule has 5 nitrogen and oxygen atoms in total. The molecule has 0 fully saturated rings. The van der Waals surface area contributed by atoms with Gasteiger partial charge in [0.25, 0.3) is 0 Å². The van der Waals surface area contributed by atoms with Gasteiger partial charge in [0, 0.05) is 36.3 Å². The molecular weight excluding hydrogens is 376 g/mol. The van der Waals surface area contributed by atoms with Gasteiger partial charge in [-0.15, -0.1) is 12.4 Å². The molecule has 148 valence electrons. The van der Waals surface area contributed by atoms with E-state index in [1.54, 1.807) is 6.08 Å². The number of rotatable bonds is 7. The summed E-state index contributed by atoms with van der Waals surface area (Å²) in [5.74, 6) is -0.843. The van der Waals surface area contributed by atoms with Crippen molar-refractivity contribution < 1.29 is 14.7 Å². The zero-order valence-electron chi connectivity index (χ0n) is 15.9. The predicted octanol–water partition coefficient (Wildman–Crippen LogP) is 3.90. The largest absolute Gasteiger partial charge is 0.478 e. The fraction of sp³-hybridized carbons (Fsp3) is 0.273. The van der Waals surface area contributed by atoms with Crippen molar-refractivity contribution in [3.8, 4) is 0 Å². The lowest BCUT2D eigenvalue weighted by Gasteiger charge is -2.24. The quantitative estimate of drug-likeness (QED) is 0.435. The molecule has 28 heavy (non-hydrogen) atoms. The minimum Gasteiger partial charge on any atom is -0.478 e. The third kappa shape index (κ3) is 5.68. The Morgan fingerprint density at radius 2 is 1.86 bits per heavy atom. The molecule has 0 aromatic heterocycles. The molecule has 1 aliphatic rings. The number of oxime groups is 1. The van der Waals surface area contributed by atoms with Gasteiger partial charge in [0.1, 0.15) is 12.3 Å². The number of halogens is 1. The van der Waals surface area contributed by atoms with E-state index in [4.69, 9.17) is 9.94 Å². The van der Waals surface area contributed by atoms with E-state index in [0.29, 0.717) is 25.3 Å². The molecule has 2 aromatic carbocycles. The maximum atomic E-state index is 11.1. The highest BCUT2D eigenvalue weighted by atomic mass is 35.5. The highest BCUT2D eigenvalue weighted by molar-refractivity contribution is 6.13. The van der Waals surface area contributed by atoms with E-state index in [0.717, 1.165) is 35.4 Å². The normalized spacial score (nSPS) is 14.8. The first-order chi connectivity index (χ1) is 13.1. The smallest absolute Gasteiger partial charge is 0.332 e. The lowest BCUT2D eigenvalue weighted by molar-refractivity contribution is -0.133. The highest BCUT2D eigenvalue weighted by Gasteiger charge is 2.17. The molecule has 1 heterocycles. The van der Waals surface area contributed by atoms with E-state index in [2.05, 4.69) is 23.0 Å². The molecular formula is C22H25ClN2O3. The second-order valence-corrected chi connectivity index (χ2v) is 6.55. The number of hydrogen-bond donors (Lipinski definition) is 1. The van der Waals surface area contributed by atoms with Crippen LogP contribution in [0.15, 0.2) is 71.4 Å². The lowest BCUT2D eigenvalue weighted by Crippen LogP contribution is -2.34. The van der Waals surface area contributed by atoms with Crippen molar-refractivity contribution in [3.05, 3.63) is 82.9 Å². The first kappa shape index (κ1) is 21.7. The molecule has 0 radical (unpaired) electrons. The highest BCUT2D eigenvalue weighted by Crippen LogP contribution is 2.15. The van der Waals surface area contributed by atoms with Gasteiger partial charge in [0.05, 0.1) is 0 Å². The SMILES string of the molecule is Cc1ccccc1/C(=N/OCCN1CCC=C(C(=O)O)C1)c1ccccc1.Cl. The summed E-state index contributed by atoms with van der Waals surface area (Å²) in [5, 5.41) is 13.6. The minimum absolute atomic E-state index is 0. The summed E-state index contributed by atoms with van der Waals surface area (Å²) in [6.07, 6.45) is 2.55. The third-order valence-corrected chi connectivity index (χ3v) is 4.61. The van der Waals surface area contributed by atoms with Crippen LogP contribution in [0.5, 0.6) is 0 Å². The van der Waals surface area contributed by atoms with Crippen LogP contribution in [-0.4, -0.2) is 47.9 Å². The topological polar surface area (TPSA) is 62.1 Å². The molecule has 2 aromatic rings. The molecule has 3 rings (SSSR count). The van der Waals surface area contributed by atoms with Gasteiger partial charge in [-0.25, -0.2) is 4.79 Å². The summed E-state index contributed by atoms with van der Waals surface area (Å²) < 4.78 is 0. The second kappa shape index (κ2) is 10.6. The number of aliphatic carboxylic acids is 1. The Hall–Kier alpha value is -2.63. The summed E-state index contributed by atoms with van der Waals surface area (Å²) in [6.45, 7) is 4.40. The van der Waals surface area contributed by atoms with Crippen molar-refractivity contribution in [3.63, 3.8) is 0 Å². The summed E-state index contributed by atoms with van der Waals surface area (Å²) >= 11 is 0. The van der Waals surface area contributed by atoms with Crippen molar-refractivity contribution in [2.75, 3.05) is 26.2 Å². The Bertz CT molecular complexity index is 850. The van der Waals surface area contributed by atoms with Gasteiger partial charge < -0.3 is 9.94 Å². The van der Waals surface area contributed by atoms with Crippen LogP contribution in [0.1, 0.15) is 23.1 Å². The van der Waals surface area contributed by atoms with E-state index in [1.807, 2.05) is 48.5 Å². The average Bonchev–Trinajstić information content (AvgIpc) is 2.70. The number of hydrogen-bond acceptors (Lipinski definition) is 4. The Morgan fingerprint density at radius 1 is 1.14 bits per heavy atom. The Kier molecular flexibility index (Phi) is 8.23. The lowest BCUT2D eigenvalue weighted by atomic mass is 9.98. The number of nitrogens with zero attached hydrogens (tertiary/aromatic N) is 2. The maximum absolute atomic E-state index is 11.1. The third-order valence-electron chi connectivity index (χ3n) is 4.61. The van der Waals surface area contributed by atoms with Crippen molar-refractivity contribution in [2.24, 2.45) is 5.16 Å². The summed E-state index contributed by atoms with van der Waals surface area (Å²) in [6, 6.07) is 18.1. The fourth-order valence-corrected chi connectivity index (χ4v) is 3.12. The molecule has 6 heteroatoms. The standard InChI is InChI=1S/C22H24N2O3.ClH/c1-17-8-5-6-12-20(17)21(18-9-3-2-4-10-18)23-27-15-14-24-13-7-11-19(16-24)22(25)26;/h2-6,8-12H,7,13-16H2,1H3,(H,25,26);1H/b23-21+;. The summed E-state index contributed by atoms with van der Waals surface area (Å²) in [5.41, 5.74) is 4.43. The maximum Gasteiger partial charge on any atom is 0.332 e. The van der Waals surface area contributed by atoms with Gasteiger partial charge >= 0.3 is 5.97 Å². The van der Waals surface area contributed by atoms with Gasteiger partial charge in [-0.3, -0.25) is 4.90 Å². The molecule has 0 unspecified atom stereocenters. The Balaban J connectivity index is 0.00000280. The monoisotopic (exact) mass is 400 g/mol. The molecule has 0 aliphatic carbocycles. The summed E-state index contributed by atoms with van der Waals surface area (Å²) in [4.78, 5) is 18.8. The first-order valence-corrected chi connectivity index (χ1v) is 9.11. The van der Waals surface area contributed by atoms with Crippen LogP contribution in [-0.2, 0) is 9.63 Å². The molecule has 0 amide bonds. The van der Waals surface area contributed by atoms with Gasteiger partial charge in [0.15, 0.2) is 0 Å². The Labute approximate surface area is 171 Å². The van der Waals surface area contributed by atoms with Crippen LogP contribution in [0.4, 0.5) is 0 Å². The van der Waals surface area contributed by atoms with Crippen molar-refractivity contribution in [1.29, 1.82) is 0 Å². The molecule has 0 bridgehead atoms. The van der Waals surface area contributed by atoms with Crippen molar-refractivity contribution >= 4 is 24.1 Å². The second-order valence-electron chi connectivity index (χ2n) is 6.55. The molecule has 1 N–H and O–H groups in total. The van der Waals surface area contributed by atoms with Crippen molar-refractivity contribution in [1.82, 2.24) is 4.90 Å². The zero-order chi connectivity index (χ0) is 19.1. The van der Waals surface area contributed by atoms with Crippen LogP contribution in [0.25, 0.3) is 0 Å². The van der Waals surface area contributed by atoms with E-state index in [1.165, 1.54) is 0 Å². The van der Waals surface area contributed by atoms with E-state index in [9.17, 15) is 4.79 Å². The number of carboxylic acid groups (broad SMARTS) is 1. The number of carboxylic acids is 1. The van der Waals surface area contributed by atoms with Gasteiger partial charge in [0.2, 0.25) is 0 Å². The first-order valence-electron chi connectivity index (χ1n) is 9.11. The summed E-state index contributed by atoms with van der Waals surface area (Å²) in [7, 11) is 0. The fourth-order valence-electron chi connectivity index (χ4n) is 3.12. The molecule has 1 aliphatic heterocycles. The van der Waals surface area contributed by atoms with E-state index in [-0.39, 0.29) is 12.4 Å². The molecule has 0 spiro atoms. The van der Waals surface area contributed by atoms with Crippen LogP contribution < -0.4 is 0 Å². The van der Waals surface area contributed by atoms with Crippen molar-refractivity contribution in [2.45, 2.75) is 13.3 Å². The predicted molar refractivity (Wildman–Crippen MR) is 113 cm³/mol. The van der Waals surface area contributed by atoms with Gasteiger partial charge in [-0.2, -0.15) is 0 Å². The minimum atomic E-state index is -0.843. The number of aryl methyl sites for hydroxylation is 1. The zero-order valence-corrected chi connectivity index (χ0v) is 16.7. The van der Waals surface area contributed by atoms with Gasteiger partial charge in [-0.05, 0) is 18.9 Å². The number of benzene rings is 2. The van der Waals surface area contributed by atoms with Crippen LogP contribution in [0, 0.1) is 6.92 Å². The van der Waals surface area contributed by atoms with Crippen LogP contribution in [0.2, 0.25) is 0 Å². The Morgan fingerprint density at radius 3 is 2.57 bits per heavy atom. The van der Waals surface area contributed by atoms with Crippen LogP contribution >= 0.6 is 12.4 Å². The van der Waals surface area contributed by atoms with E-state index >= 15 is 0 Å². The average molecular weight is 401 g/mol. The molecule has 0 saturated carbocycles. The molecule has 0 atom stereocenters. The number of carbonyl (C=O) groups is 1. The molecule has 0 saturated heterocycles. The van der Waals surface area contributed by atoms with Crippen LogP contribution in [0.3, 0.4) is 0 Å². The van der Waals surface area contributed by atoms with E-state index < -0.39 is 5.97 Å².